The third kappa shape index (κ3) is 1.91. The molecule has 0 amide bonds. The van der Waals surface area contributed by atoms with Crippen molar-refractivity contribution in [1.82, 2.24) is 0 Å². The van der Waals surface area contributed by atoms with Crippen LogP contribution in [-0.4, -0.2) is 24.3 Å². The zero-order chi connectivity index (χ0) is 14.1. The van der Waals surface area contributed by atoms with Gasteiger partial charge in [0, 0.05) is 5.94 Å². The molecule has 20 heavy (non-hydrogen) atoms. The number of fused-ring (bicyclic) bond motifs is 1. The molecule has 1 heterocycles. The van der Waals surface area contributed by atoms with Crippen LogP contribution in [0, 0.1) is 17.3 Å². The summed E-state index contributed by atoms with van der Waals surface area (Å²) in [6.45, 7) is 11.3. The quantitative estimate of drug-likeness (QED) is 0.814. The summed E-state index contributed by atoms with van der Waals surface area (Å²) in [7, 11) is -0.217. The fourth-order valence-electron chi connectivity index (χ4n) is 4.86. The first-order chi connectivity index (χ1) is 8.72. The first kappa shape index (κ1) is 16.6. The lowest BCUT2D eigenvalue weighted by molar-refractivity contribution is -0.257. The van der Waals surface area contributed by atoms with Crippen LogP contribution in [0.5, 0.6) is 0 Å². The SMILES string of the molecule is CC(C)C[C@H](N)B1OC2(C)CCC3CC2(O1)C3(C)C.Cl. The van der Waals surface area contributed by atoms with E-state index in [1.165, 1.54) is 6.42 Å². The summed E-state index contributed by atoms with van der Waals surface area (Å²) in [4.78, 5) is 0. The molecule has 0 aromatic heterocycles. The highest BCUT2D eigenvalue weighted by Gasteiger charge is 2.76. The van der Waals surface area contributed by atoms with Crippen molar-refractivity contribution in [1.29, 1.82) is 0 Å². The summed E-state index contributed by atoms with van der Waals surface area (Å²) in [5.41, 5.74) is 6.31. The average Bonchev–Trinajstić information content (AvgIpc) is 2.63. The van der Waals surface area contributed by atoms with Crippen LogP contribution < -0.4 is 5.73 Å². The number of hydrogen-bond donors (Lipinski definition) is 1. The van der Waals surface area contributed by atoms with Crippen LogP contribution in [-0.2, 0) is 9.31 Å². The molecule has 4 atom stereocenters. The van der Waals surface area contributed by atoms with E-state index in [0.29, 0.717) is 5.92 Å². The molecule has 116 valence electrons. The first-order valence-electron chi connectivity index (χ1n) is 7.83. The Hall–Kier alpha value is 0.235. The minimum absolute atomic E-state index is 0. The van der Waals surface area contributed by atoms with Gasteiger partial charge in [0.05, 0.1) is 11.2 Å². The Balaban J connectivity index is 0.00000147. The van der Waals surface area contributed by atoms with E-state index in [1.807, 2.05) is 0 Å². The maximum atomic E-state index is 6.45. The summed E-state index contributed by atoms with van der Waals surface area (Å²) >= 11 is 0. The van der Waals surface area contributed by atoms with Gasteiger partial charge in [0.25, 0.3) is 0 Å². The van der Waals surface area contributed by atoms with E-state index in [9.17, 15) is 0 Å². The molecule has 0 aromatic carbocycles. The topological polar surface area (TPSA) is 44.5 Å². The third-order valence-electron chi connectivity index (χ3n) is 6.21. The van der Waals surface area contributed by atoms with E-state index >= 15 is 0 Å². The molecule has 5 heteroatoms. The molecule has 1 saturated heterocycles. The van der Waals surface area contributed by atoms with Crippen LogP contribution in [0.2, 0.25) is 0 Å². The van der Waals surface area contributed by atoms with E-state index < -0.39 is 0 Å². The summed E-state index contributed by atoms with van der Waals surface area (Å²) in [5.74, 6) is 1.37. The highest BCUT2D eigenvalue weighted by Crippen LogP contribution is 2.70. The van der Waals surface area contributed by atoms with Crippen LogP contribution >= 0.6 is 12.4 Å². The van der Waals surface area contributed by atoms with E-state index in [2.05, 4.69) is 34.6 Å². The average molecular weight is 302 g/mol. The fourth-order valence-corrected chi connectivity index (χ4v) is 4.86. The van der Waals surface area contributed by atoms with Gasteiger partial charge in [-0.3, -0.25) is 0 Å². The molecular weight excluding hydrogens is 272 g/mol. The molecule has 3 nitrogen and oxygen atoms in total. The van der Waals surface area contributed by atoms with Gasteiger partial charge >= 0.3 is 7.12 Å². The minimum Gasteiger partial charge on any atom is -0.402 e. The second-order valence-electron chi connectivity index (χ2n) is 8.12. The Kier molecular flexibility index (Phi) is 4.04. The third-order valence-corrected chi connectivity index (χ3v) is 6.21. The van der Waals surface area contributed by atoms with Crippen molar-refractivity contribution in [2.24, 2.45) is 23.0 Å². The van der Waals surface area contributed by atoms with E-state index in [1.54, 1.807) is 0 Å². The Morgan fingerprint density at radius 3 is 2.40 bits per heavy atom. The second-order valence-corrected chi connectivity index (χ2v) is 8.12. The van der Waals surface area contributed by atoms with Crippen molar-refractivity contribution in [3.8, 4) is 0 Å². The smallest absolute Gasteiger partial charge is 0.402 e. The van der Waals surface area contributed by atoms with Crippen molar-refractivity contribution in [2.75, 3.05) is 0 Å². The predicted molar refractivity (Wildman–Crippen MR) is 84.9 cm³/mol. The Labute approximate surface area is 129 Å². The molecule has 0 radical (unpaired) electrons. The molecule has 3 saturated carbocycles. The molecule has 2 N–H and O–H groups in total. The summed E-state index contributed by atoms with van der Waals surface area (Å²) < 4.78 is 12.8. The van der Waals surface area contributed by atoms with Crippen LogP contribution in [0.4, 0.5) is 0 Å². The zero-order valence-electron chi connectivity index (χ0n) is 13.4. The lowest BCUT2D eigenvalue weighted by Gasteiger charge is -2.69. The van der Waals surface area contributed by atoms with Gasteiger partial charge in [-0.05, 0) is 49.9 Å². The van der Waals surface area contributed by atoms with Crippen molar-refractivity contribution in [3.05, 3.63) is 0 Å². The van der Waals surface area contributed by atoms with E-state index in [4.69, 9.17) is 15.0 Å². The molecule has 4 fully saturated rings. The van der Waals surface area contributed by atoms with Crippen LogP contribution in [0.1, 0.15) is 60.3 Å². The predicted octanol–water partition coefficient (Wildman–Crippen LogP) is 3.19. The molecule has 3 aliphatic carbocycles. The van der Waals surface area contributed by atoms with E-state index in [0.717, 1.165) is 25.2 Å². The van der Waals surface area contributed by atoms with Gasteiger partial charge in [0.2, 0.25) is 0 Å². The van der Waals surface area contributed by atoms with Gasteiger partial charge in [0.15, 0.2) is 0 Å². The van der Waals surface area contributed by atoms with Crippen LogP contribution in [0.3, 0.4) is 0 Å². The number of rotatable bonds is 3. The second kappa shape index (κ2) is 4.87. The summed E-state index contributed by atoms with van der Waals surface area (Å²) in [5, 5.41) is 0. The van der Waals surface area contributed by atoms with Gasteiger partial charge in [-0.25, -0.2) is 0 Å². The van der Waals surface area contributed by atoms with Crippen molar-refractivity contribution in [2.45, 2.75) is 77.4 Å². The first-order valence-corrected chi connectivity index (χ1v) is 7.83. The van der Waals surface area contributed by atoms with E-state index in [-0.39, 0.29) is 42.1 Å². The maximum Gasteiger partial charge on any atom is 0.475 e. The molecular formula is C15H29BClNO2. The highest BCUT2D eigenvalue weighted by atomic mass is 35.5. The standard InChI is InChI=1S/C15H28BNO2.ClH/c1-10(2)8-12(17)16-18-14(5)7-6-11-9-15(14,19-16)13(11,3)4;/h10-12H,6-9,17H2,1-5H3;1H/t11?,12-,14?,15?;/m0./s1. The fraction of sp³-hybridized carbons (Fsp3) is 1.00. The van der Waals surface area contributed by atoms with Crippen molar-refractivity contribution < 1.29 is 9.31 Å². The zero-order valence-corrected chi connectivity index (χ0v) is 14.3. The maximum absolute atomic E-state index is 6.45. The molecule has 4 rings (SSSR count). The highest BCUT2D eigenvalue weighted by molar-refractivity contribution is 6.47. The number of nitrogens with two attached hydrogens (primary N) is 1. The summed E-state index contributed by atoms with van der Waals surface area (Å²) in [6, 6.07) is 0. The minimum atomic E-state index is -0.217. The molecule has 4 aliphatic rings. The van der Waals surface area contributed by atoms with Crippen LogP contribution in [0.25, 0.3) is 0 Å². The Bertz CT molecular complexity index is 392. The molecule has 2 bridgehead atoms. The molecule has 3 unspecified atom stereocenters. The van der Waals surface area contributed by atoms with Gasteiger partial charge < -0.3 is 15.0 Å². The monoisotopic (exact) mass is 301 g/mol. The van der Waals surface area contributed by atoms with Gasteiger partial charge in [-0.1, -0.05) is 27.7 Å². The normalized spacial score (nSPS) is 42.8. The lowest BCUT2D eigenvalue weighted by Crippen LogP contribution is -2.73. The lowest BCUT2D eigenvalue weighted by atomic mass is 9.41. The Morgan fingerprint density at radius 1 is 1.25 bits per heavy atom. The molecule has 0 aromatic rings. The van der Waals surface area contributed by atoms with Crippen LogP contribution in [0.15, 0.2) is 0 Å². The molecule has 1 spiro atoms. The van der Waals surface area contributed by atoms with Gasteiger partial charge in [0.1, 0.15) is 0 Å². The van der Waals surface area contributed by atoms with Gasteiger partial charge in [-0.15, -0.1) is 12.4 Å². The number of hydrogen-bond acceptors (Lipinski definition) is 3. The summed E-state index contributed by atoms with van der Waals surface area (Å²) in [6.07, 6.45) is 4.49. The number of halogens is 1. The van der Waals surface area contributed by atoms with Gasteiger partial charge in [-0.2, -0.15) is 0 Å². The van der Waals surface area contributed by atoms with Crippen molar-refractivity contribution >= 4 is 19.5 Å². The van der Waals surface area contributed by atoms with Crippen molar-refractivity contribution in [3.63, 3.8) is 0 Å². The largest absolute Gasteiger partial charge is 0.475 e. The molecule has 1 aliphatic heterocycles. The Morgan fingerprint density at radius 2 is 1.90 bits per heavy atom.